The van der Waals surface area contributed by atoms with Crippen LogP contribution in [0.1, 0.15) is 23.0 Å². The van der Waals surface area contributed by atoms with Crippen molar-refractivity contribution in [2.75, 3.05) is 6.61 Å². The molecule has 140 valence electrons. The first-order chi connectivity index (χ1) is 13.1. The molecule has 0 atom stereocenters. The van der Waals surface area contributed by atoms with Gasteiger partial charge in [-0.1, -0.05) is 11.8 Å². The van der Waals surface area contributed by atoms with Gasteiger partial charge in [0.05, 0.1) is 17.9 Å². The Labute approximate surface area is 159 Å². The molecule has 3 aromatic rings. The lowest BCUT2D eigenvalue weighted by atomic mass is 10.2. The number of esters is 1. The van der Waals surface area contributed by atoms with Crippen LogP contribution in [-0.2, 0) is 12.8 Å². The van der Waals surface area contributed by atoms with E-state index in [1.165, 1.54) is 17.8 Å². The minimum absolute atomic E-state index is 0.153. The summed E-state index contributed by atoms with van der Waals surface area (Å²) in [5.41, 5.74) is -0.108. The van der Waals surface area contributed by atoms with Crippen molar-refractivity contribution in [1.82, 2.24) is 9.55 Å². The number of thioether (sulfide) groups is 1. The van der Waals surface area contributed by atoms with Crippen molar-refractivity contribution in [1.29, 1.82) is 0 Å². The second-order valence-corrected chi connectivity index (χ2v) is 6.47. The molecular weight excluding hydrogens is 368 g/mol. The van der Waals surface area contributed by atoms with Crippen LogP contribution in [0.2, 0.25) is 0 Å². The van der Waals surface area contributed by atoms with E-state index in [1.54, 1.807) is 30.5 Å². The maximum absolute atomic E-state index is 12.2. The van der Waals surface area contributed by atoms with Gasteiger partial charge in [-0.25, -0.2) is 9.78 Å². The van der Waals surface area contributed by atoms with E-state index in [0.717, 1.165) is 11.4 Å². The van der Waals surface area contributed by atoms with E-state index in [0.29, 0.717) is 29.4 Å². The molecule has 0 aliphatic carbocycles. The first-order valence-corrected chi connectivity index (χ1v) is 9.22. The molecule has 0 aliphatic heterocycles. The monoisotopic (exact) mass is 386 g/mol. The summed E-state index contributed by atoms with van der Waals surface area (Å²) >= 11 is 1.44. The Morgan fingerprint density at radius 2 is 2.07 bits per heavy atom. The van der Waals surface area contributed by atoms with Gasteiger partial charge in [-0.15, -0.1) is 0 Å². The fourth-order valence-corrected chi connectivity index (χ4v) is 3.05. The quantitative estimate of drug-likeness (QED) is 0.455. The molecule has 27 heavy (non-hydrogen) atoms. The van der Waals surface area contributed by atoms with E-state index in [1.807, 2.05) is 24.7 Å². The van der Waals surface area contributed by atoms with Gasteiger partial charge in [0.1, 0.15) is 17.8 Å². The number of nitrogens with zero attached hydrogens (tertiary/aromatic N) is 2. The highest BCUT2D eigenvalue weighted by Crippen LogP contribution is 2.21. The van der Waals surface area contributed by atoms with Crippen LogP contribution in [-0.4, -0.2) is 22.1 Å². The number of benzene rings is 1. The van der Waals surface area contributed by atoms with E-state index in [-0.39, 0.29) is 5.75 Å². The van der Waals surface area contributed by atoms with Gasteiger partial charge in [0.25, 0.3) is 0 Å². The third-order valence-corrected chi connectivity index (χ3v) is 4.66. The molecule has 1 aromatic carbocycles. The lowest BCUT2D eigenvalue weighted by Crippen LogP contribution is -2.14. The van der Waals surface area contributed by atoms with Crippen LogP contribution in [0.5, 0.6) is 11.5 Å². The first-order valence-electron chi connectivity index (χ1n) is 8.23. The average Bonchev–Trinajstić information content (AvgIpc) is 3.08. The van der Waals surface area contributed by atoms with Gasteiger partial charge in [0.2, 0.25) is 11.2 Å². The third-order valence-electron chi connectivity index (χ3n) is 3.58. The Kier molecular flexibility index (Phi) is 5.97. The Morgan fingerprint density at radius 3 is 2.70 bits per heavy atom. The molecule has 3 rings (SSSR count). The highest BCUT2D eigenvalue weighted by Gasteiger charge is 2.13. The van der Waals surface area contributed by atoms with E-state index in [4.69, 9.17) is 13.9 Å². The van der Waals surface area contributed by atoms with Crippen molar-refractivity contribution >= 4 is 17.7 Å². The van der Waals surface area contributed by atoms with Crippen molar-refractivity contribution in [3.8, 4) is 11.5 Å². The van der Waals surface area contributed by atoms with Crippen molar-refractivity contribution in [3.05, 3.63) is 70.5 Å². The molecule has 7 nitrogen and oxygen atoms in total. The SMILES string of the molecule is CCOc1ccc(C(=O)Oc2coc(CSc3nccn3C)cc2=O)cc1. The largest absolute Gasteiger partial charge is 0.494 e. The third kappa shape index (κ3) is 4.79. The number of ether oxygens (including phenoxy) is 2. The second-order valence-electron chi connectivity index (χ2n) is 5.53. The molecule has 0 N–H and O–H groups in total. The van der Waals surface area contributed by atoms with E-state index in [2.05, 4.69) is 4.98 Å². The van der Waals surface area contributed by atoms with Gasteiger partial charge in [0, 0.05) is 25.5 Å². The van der Waals surface area contributed by atoms with Crippen molar-refractivity contribution < 1.29 is 18.7 Å². The summed E-state index contributed by atoms with van der Waals surface area (Å²) in [5.74, 6) is 0.768. The van der Waals surface area contributed by atoms with Gasteiger partial charge in [0.15, 0.2) is 5.16 Å². The van der Waals surface area contributed by atoms with Crippen LogP contribution in [0.4, 0.5) is 0 Å². The van der Waals surface area contributed by atoms with Crippen molar-refractivity contribution in [2.45, 2.75) is 17.8 Å². The zero-order valence-corrected chi connectivity index (χ0v) is 15.7. The number of hydrogen-bond acceptors (Lipinski definition) is 7. The van der Waals surface area contributed by atoms with Gasteiger partial charge in [-0.2, -0.15) is 0 Å². The minimum Gasteiger partial charge on any atom is -0.494 e. The molecule has 2 heterocycles. The molecule has 8 heteroatoms. The number of hydrogen-bond donors (Lipinski definition) is 0. The van der Waals surface area contributed by atoms with Crippen molar-refractivity contribution in [3.63, 3.8) is 0 Å². The van der Waals surface area contributed by atoms with Gasteiger partial charge in [-0.3, -0.25) is 4.79 Å². The Morgan fingerprint density at radius 1 is 1.30 bits per heavy atom. The molecule has 0 radical (unpaired) electrons. The van der Waals surface area contributed by atoms with Crippen LogP contribution in [0.25, 0.3) is 0 Å². The predicted octanol–water partition coefficient (Wildman–Crippen LogP) is 3.28. The summed E-state index contributed by atoms with van der Waals surface area (Å²) < 4.78 is 17.8. The molecular formula is C19H18N2O5S. The minimum atomic E-state index is -0.638. The lowest BCUT2D eigenvalue weighted by Gasteiger charge is -2.06. The van der Waals surface area contributed by atoms with Gasteiger partial charge < -0.3 is 18.5 Å². The number of aryl methyl sites for hydroxylation is 1. The average molecular weight is 386 g/mol. The van der Waals surface area contributed by atoms with E-state index < -0.39 is 11.4 Å². The summed E-state index contributed by atoms with van der Waals surface area (Å²) in [6.45, 7) is 2.41. The lowest BCUT2D eigenvalue weighted by molar-refractivity contribution is 0.0729. The summed E-state index contributed by atoms with van der Waals surface area (Å²) in [6, 6.07) is 7.80. The topological polar surface area (TPSA) is 83.6 Å². The summed E-state index contributed by atoms with van der Waals surface area (Å²) in [4.78, 5) is 28.6. The fourth-order valence-electron chi connectivity index (χ4n) is 2.23. The number of imidazole rings is 1. The number of carbonyl (C=O) groups is 1. The fraction of sp³-hybridized carbons (Fsp3) is 0.211. The maximum Gasteiger partial charge on any atom is 0.343 e. The van der Waals surface area contributed by atoms with Crippen LogP contribution < -0.4 is 14.9 Å². The van der Waals surface area contributed by atoms with Crippen LogP contribution >= 0.6 is 11.8 Å². The zero-order valence-electron chi connectivity index (χ0n) is 14.9. The highest BCUT2D eigenvalue weighted by molar-refractivity contribution is 7.98. The van der Waals surface area contributed by atoms with Crippen LogP contribution in [0, 0.1) is 0 Å². The maximum atomic E-state index is 12.2. The standard InChI is InChI=1S/C19H18N2O5S/c1-3-24-14-6-4-13(5-7-14)18(23)26-17-11-25-15(10-16(17)22)12-27-19-20-8-9-21(19)2/h4-11H,3,12H2,1-2H3. The molecule has 0 amide bonds. The molecule has 0 saturated carbocycles. The van der Waals surface area contributed by atoms with Gasteiger partial charge in [-0.05, 0) is 31.2 Å². The van der Waals surface area contributed by atoms with Crippen molar-refractivity contribution in [2.24, 2.45) is 7.05 Å². The molecule has 0 fully saturated rings. The molecule has 2 aromatic heterocycles. The Balaban J connectivity index is 1.64. The smallest absolute Gasteiger partial charge is 0.343 e. The molecule has 0 unspecified atom stereocenters. The zero-order chi connectivity index (χ0) is 19.2. The molecule has 0 spiro atoms. The second kappa shape index (κ2) is 8.59. The Bertz CT molecular complexity index is 978. The summed E-state index contributed by atoms with van der Waals surface area (Å²) in [7, 11) is 1.88. The molecule has 0 saturated heterocycles. The summed E-state index contributed by atoms with van der Waals surface area (Å²) in [5, 5.41) is 0.809. The van der Waals surface area contributed by atoms with Gasteiger partial charge >= 0.3 is 5.97 Å². The van der Waals surface area contributed by atoms with E-state index >= 15 is 0 Å². The number of rotatable bonds is 7. The predicted molar refractivity (Wildman–Crippen MR) is 100 cm³/mol. The summed E-state index contributed by atoms with van der Waals surface area (Å²) in [6.07, 6.45) is 4.69. The number of carbonyl (C=O) groups excluding carboxylic acids is 1. The number of aromatic nitrogens is 2. The highest BCUT2D eigenvalue weighted by atomic mass is 32.2. The normalized spacial score (nSPS) is 10.6. The van der Waals surface area contributed by atoms with Crippen LogP contribution in [0.15, 0.2) is 63.4 Å². The Hall–Kier alpha value is -3.00. The molecule has 0 aliphatic rings. The molecule has 0 bridgehead atoms. The van der Waals surface area contributed by atoms with Crippen LogP contribution in [0.3, 0.4) is 0 Å². The van der Waals surface area contributed by atoms with E-state index in [9.17, 15) is 9.59 Å². The first kappa shape index (κ1) is 18.8.